The molecule has 10 nitrogen and oxygen atoms in total. The first-order valence-corrected chi connectivity index (χ1v) is 16.0. The van der Waals surface area contributed by atoms with E-state index in [-0.39, 0.29) is 42.8 Å². The van der Waals surface area contributed by atoms with Crippen molar-refractivity contribution in [2.24, 2.45) is 5.92 Å². The van der Waals surface area contributed by atoms with Crippen LogP contribution in [0.3, 0.4) is 0 Å². The number of nitrogens with zero attached hydrogens (tertiary/aromatic N) is 3. The van der Waals surface area contributed by atoms with Crippen molar-refractivity contribution in [1.82, 2.24) is 20.0 Å². The highest BCUT2D eigenvalue weighted by molar-refractivity contribution is 6.04. The van der Waals surface area contributed by atoms with Crippen LogP contribution >= 0.6 is 0 Å². The molecule has 10 heteroatoms. The van der Waals surface area contributed by atoms with Crippen LogP contribution in [0.4, 0.5) is 4.79 Å². The van der Waals surface area contributed by atoms with Crippen molar-refractivity contribution < 1.29 is 28.7 Å². The van der Waals surface area contributed by atoms with E-state index < -0.39 is 12.1 Å². The van der Waals surface area contributed by atoms with Gasteiger partial charge in [-0.3, -0.25) is 19.3 Å². The molecule has 0 bridgehead atoms. The topological polar surface area (TPSA) is 108 Å². The van der Waals surface area contributed by atoms with Crippen LogP contribution in [-0.2, 0) is 19.1 Å². The third-order valence-electron chi connectivity index (χ3n) is 8.82. The minimum Gasteiger partial charge on any atom is -0.466 e. The summed E-state index contributed by atoms with van der Waals surface area (Å²) >= 11 is 0. The Bertz CT molecular complexity index is 1680. The van der Waals surface area contributed by atoms with Crippen molar-refractivity contribution >= 4 is 23.8 Å². The normalized spacial score (nSPS) is 18.8. The number of carbonyl (C=O) groups is 4. The fourth-order valence-electron chi connectivity index (χ4n) is 6.54. The maximum absolute atomic E-state index is 14.6. The van der Waals surface area contributed by atoms with Crippen LogP contribution in [0, 0.1) is 5.92 Å². The molecule has 0 spiro atoms. The van der Waals surface area contributed by atoms with Crippen molar-refractivity contribution in [3.8, 4) is 11.5 Å². The van der Waals surface area contributed by atoms with Gasteiger partial charge in [-0.2, -0.15) is 0 Å². The van der Waals surface area contributed by atoms with Crippen molar-refractivity contribution in [2.75, 3.05) is 32.8 Å². The molecule has 1 saturated heterocycles. The van der Waals surface area contributed by atoms with Crippen LogP contribution in [-0.4, -0.2) is 71.3 Å². The van der Waals surface area contributed by atoms with Crippen LogP contribution in [0.25, 0.3) is 0 Å². The molecular formula is C37H38N4O6. The zero-order chi connectivity index (χ0) is 32.9. The van der Waals surface area contributed by atoms with Gasteiger partial charge in [0.05, 0.1) is 36.4 Å². The third kappa shape index (κ3) is 6.49. The average Bonchev–Trinajstić information content (AvgIpc) is 3.43. The molecule has 47 heavy (non-hydrogen) atoms. The molecule has 3 aliphatic rings. The van der Waals surface area contributed by atoms with Gasteiger partial charge < -0.3 is 24.6 Å². The molecule has 0 aromatic heterocycles. The summed E-state index contributed by atoms with van der Waals surface area (Å²) < 4.78 is 11.3. The lowest BCUT2D eigenvalue weighted by molar-refractivity contribution is -0.152. The molecule has 2 atom stereocenters. The van der Waals surface area contributed by atoms with Gasteiger partial charge in [-0.1, -0.05) is 66.7 Å². The molecule has 0 unspecified atom stereocenters. The molecule has 0 saturated carbocycles. The van der Waals surface area contributed by atoms with E-state index in [1.165, 1.54) is 4.90 Å². The Morgan fingerprint density at radius 1 is 0.957 bits per heavy atom. The summed E-state index contributed by atoms with van der Waals surface area (Å²) in [6, 6.07) is 23.8. The van der Waals surface area contributed by atoms with Gasteiger partial charge in [0, 0.05) is 19.6 Å². The monoisotopic (exact) mass is 634 g/mol. The van der Waals surface area contributed by atoms with Gasteiger partial charge in [-0.25, -0.2) is 4.79 Å². The van der Waals surface area contributed by atoms with Gasteiger partial charge in [-0.05, 0) is 55.2 Å². The summed E-state index contributed by atoms with van der Waals surface area (Å²) in [5.41, 5.74) is 2.28. The minimum absolute atomic E-state index is 0.0662. The van der Waals surface area contributed by atoms with Crippen molar-refractivity contribution in [3.63, 3.8) is 0 Å². The van der Waals surface area contributed by atoms with Crippen LogP contribution < -0.4 is 10.1 Å². The van der Waals surface area contributed by atoms with E-state index >= 15 is 0 Å². The Kier molecular flexibility index (Phi) is 9.37. The summed E-state index contributed by atoms with van der Waals surface area (Å²) in [6.07, 6.45) is 2.59. The molecule has 0 radical (unpaired) electrons. The van der Waals surface area contributed by atoms with E-state index in [2.05, 4.69) is 11.9 Å². The van der Waals surface area contributed by atoms with Crippen LogP contribution in [0.1, 0.15) is 43.0 Å². The lowest BCUT2D eigenvalue weighted by Gasteiger charge is -2.36. The van der Waals surface area contributed by atoms with Crippen LogP contribution in [0.5, 0.6) is 11.5 Å². The molecule has 3 aliphatic heterocycles. The zero-order valence-electron chi connectivity index (χ0n) is 26.3. The second-order valence-electron chi connectivity index (χ2n) is 11.7. The summed E-state index contributed by atoms with van der Waals surface area (Å²) in [7, 11) is 0. The second kappa shape index (κ2) is 13.9. The number of urea groups is 1. The number of hydrogen-bond donors (Lipinski definition) is 1. The lowest BCUT2D eigenvalue weighted by atomic mass is 9.94. The number of esters is 1. The first-order valence-electron chi connectivity index (χ1n) is 16.0. The number of carbonyl (C=O) groups excluding carboxylic acids is 4. The smallest absolute Gasteiger partial charge is 0.322 e. The Hall–Kier alpha value is -5.38. The van der Waals surface area contributed by atoms with Gasteiger partial charge in [0.2, 0.25) is 5.91 Å². The van der Waals surface area contributed by atoms with Gasteiger partial charge in [0.1, 0.15) is 17.5 Å². The van der Waals surface area contributed by atoms with Gasteiger partial charge in [0.15, 0.2) is 0 Å². The van der Waals surface area contributed by atoms with Crippen molar-refractivity contribution in [2.45, 2.75) is 31.8 Å². The first-order chi connectivity index (χ1) is 22.9. The number of benzene rings is 3. The zero-order valence-corrected chi connectivity index (χ0v) is 26.3. The maximum atomic E-state index is 14.6. The lowest BCUT2D eigenvalue weighted by Crippen LogP contribution is -2.48. The highest BCUT2D eigenvalue weighted by Gasteiger charge is 2.48. The average molecular weight is 635 g/mol. The minimum atomic E-state index is -0.928. The molecule has 242 valence electrons. The van der Waals surface area contributed by atoms with E-state index in [0.29, 0.717) is 66.4 Å². The molecule has 6 rings (SSSR count). The third-order valence-corrected chi connectivity index (χ3v) is 8.82. The second-order valence-corrected chi connectivity index (χ2v) is 11.7. The van der Waals surface area contributed by atoms with E-state index in [0.717, 1.165) is 0 Å². The number of amides is 4. The number of hydrogen-bond acceptors (Lipinski definition) is 6. The standard InChI is InChI=1S/C37H38N4O6/c1-3-20-40-30-24-41(33(25-12-7-5-8-13-25)35(43)39-21-18-26(19-22-39)36(44)46-4-2)34(42)31(30)32(38-37(40)45)27-14-11-17-29(23-27)47-28-15-9-6-10-16-28/h3,5-17,23,26,32-33H,1,4,18-22,24H2,2H3,(H,38,45)/t32-,33-/m0/s1. The number of rotatable bonds is 10. The highest BCUT2D eigenvalue weighted by Crippen LogP contribution is 2.41. The Labute approximate surface area is 274 Å². The Morgan fingerprint density at radius 3 is 2.32 bits per heavy atom. The number of piperidine rings is 1. The quantitative estimate of drug-likeness (QED) is 0.237. The summed E-state index contributed by atoms with van der Waals surface area (Å²) in [5, 5.41) is 3.02. The highest BCUT2D eigenvalue weighted by atomic mass is 16.5. The molecule has 4 amide bonds. The summed E-state index contributed by atoms with van der Waals surface area (Å²) in [6.45, 7) is 6.92. The van der Waals surface area contributed by atoms with E-state index in [1.54, 1.807) is 22.8 Å². The number of ether oxygens (including phenoxy) is 2. The van der Waals surface area contributed by atoms with Gasteiger partial charge >= 0.3 is 12.0 Å². The fourth-order valence-corrected chi connectivity index (χ4v) is 6.54. The van der Waals surface area contributed by atoms with Crippen molar-refractivity contribution in [1.29, 1.82) is 0 Å². The Balaban J connectivity index is 1.32. The predicted molar refractivity (Wildman–Crippen MR) is 175 cm³/mol. The van der Waals surface area contributed by atoms with Crippen LogP contribution in [0.15, 0.2) is 109 Å². The maximum Gasteiger partial charge on any atom is 0.322 e. The van der Waals surface area contributed by atoms with Gasteiger partial charge in [-0.15, -0.1) is 6.58 Å². The molecule has 1 N–H and O–H groups in total. The largest absolute Gasteiger partial charge is 0.466 e. The summed E-state index contributed by atoms with van der Waals surface area (Å²) in [5.74, 6) is 0.156. The SMILES string of the molecule is C=CCN1C(=O)N[C@@H](c2cccc(Oc3ccccc3)c2)C2=C1CN([C@H](C(=O)N1CCC(C(=O)OCC)CC1)c1ccccc1)C2=O. The van der Waals surface area contributed by atoms with Gasteiger partial charge in [0.25, 0.3) is 5.91 Å². The number of para-hydroxylation sites is 1. The van der Waals surface area contributed by atoms with Crippen molar-refractivity contribution in [3.05, 3.63) is 120 Å². The molecule has 3 aromatic carbocycles. The summed E-state index contributed by atoms with van der Waals surface area (Å²) in [4.78, 5) is 59.6. The Morgan fingerprint density at radius 2 is 1.64 bits per heavy atom. The molecule has 1 fully saturated rings. The predicted octanol–water partition coefficient (Wildman–Crippen LogP) is 5.37. The molecule has 0 aliphatic carbocycles. The van der Waals surface area contributed by atoms with E-state index in [4.69, 9.17) is 9.47 Å². The molecule has 3 heterocycles. The van der Waals surface area contributed by atoms with E-state index in [9.17, 15) is 19.2 Å². The number of likely N-dealkylation sites (tertiary alicyclic amines) is 1. The first kappa shape index (κ1) is 31.6. The fraction of sp³-hybridized carbons (Fsp3) is 0.297. The molecule has 3 aromatic rings. The van der Waals surface area contributed by atoms with E-state index in [1.807, 2.05) is 84.9 Å². The molecular weight excluding hydrogens is 596 g/mol. The van der Waals surface area contributed by atoms with Crippen LogP contribution in [0.2, 0.25) is 0 Å². The number of nitrogens with one attached hydrogen (secondary N) is 1.